The molecule has 1 amide bonds. The number of carbonyl (C=O) groups is 1. The number of carbonyl (C=O) groups excluding carboxylic acids is 1. The van der Waals surface area contributed by atoms with Gasteiger partial charge in [-0.1, -0.05) is 0 Å². The third kappa shape index (κ3) is 2.28. The molecule has 1 aliphatic rings. The van der Waals surface area contributed by atoms with Gasteiger partial charge >= 0.3 is 0 Å². The monoisotopic (exact) mass is 251 g/mol. The Kier molecular flexibility index (Phi) is 3.47. The summed E-state index contributed by atoms with van der Waals surface area (Å²) in [4.78, 5) is 21.7. The van der Waals surface area contributed by atoms with Crippen LogP contribution < -0.4 is 27.2 Å². The molecule has 6 N–H and O–H groups in total. The highest BCUT2D eigenvalue weighted by atomic mass is 16.2. The van der Waals surface area contributed by atoms with E-state index < -0.39 is 0 Å². The Morgan fingerprint density at radius 2 is 2.33 bits per heavy atom. The van der Waals surface area contributed by atoms with Gasteiger partial charge in [0.1, 0.15) is 17.7 Å². The zero-order chi connectivity index (χ0) is 13.1. The average molecular weight is 251 g/mol. The molecule has 1 aromatic rings. The number of likely N-dealkylation sites (N-methyl/N-ethyl adjacent to an activating group) is 1. The summed E-state index contributed by atoms with van der Waals surface area (Å²) < 4.78 is 0. The minimum atomic E-state index is -0.213. The first kappa shape index (κ1) is 12.4. The van der Waals surface area contributed by atoms with Crippen LogP contribution in [0.3, 0.4) is 0 Å². The molecular formula is C10H17N7O. The molecule has 2 heterocycles. The third-order valence-corrected chi connectivity index (χ3v) is 2.97. The largest absolute Gasteiger partial charge is 0.368 e. The van der Waals surface area contributed by atoms with E-state index in [4.69, 9.17) is 11.6 Å². The molecular weight excluding hydrogens is 234 g/mol. The number of nitrogens with one attached hydrogen (secondary N) is 2. The van der Waals surface area contributed by atoms with Crippen molar-refractivity contribution in [3.05, 3.63) is 6.07 Å². The van der Waals surface area contributed by atoms with E-state index in [1.807, 2.05) is 4.90 Å². The SMILES string of the molecule is CNC(=O)C1CCCN1c1cc(NN)nc(N)n1. The molecule has 8 heteroatoms. The molecule has 0 aromatic carbocycles. The molecule has 1 saturated heterocycles. The fraction of sp³-hybridized carbons (Fsp3) is 0.500. The topological polar surface area (TPSA) is 122 Å². The second-order valence-electron chi connectivity index (χ2n) is 4.08. The Morgan fingerprint density at radius 1 is 1.56 bits per heavy atom. The molecule has 98 valence electrons. The fourth-order valence-electron chi connectivity index (χ4n) is 2.15. The van der Waals surface area contributed by atoms with E-state index in [0.717, 1.165) is 19.4 Å². The predicted octanol–water partition coefficient (Wildman–Crippen LogP) is -0.941. The maximum atomic E-state index is 11.8. The fourth-order valence-corrected chi connectivity index (χ4v) is 2.15. The van der Waals surface area contributed by atoms with Crippen molar-refractivity contribution in [3.8, 4) is 0 Å². The highest BCUT2D eigenvalue weighted by molar-refractivity contribution is 5.85. The molecule has 8 nitrogen and oxygen atoms in total. The van der Waals surface area contributed by atoms with Gasteiger partial charge in [0.15, 0.2) is 0 Å². The standard InChI is InChI=1S/C10H17N7O/c1-13-9(18)6-3-2-4-17(6)8-5-7(16-12)14-10(11)15-8/h5-6H,2-4,12H2,1H3,(H,13,18)(H3,11,14,15,16). The quantitative estimate of drug-likeness (QED) is 0.404. The van der Waals surface area contributed by atoms with Crippen molar-refractivity contribution < 1.29 is 4.79 Å². The van der Waals surface area contributed by atoms with Crippen LogP contribution in [0.1, 0.15) is 12.8 Å². The van der Waals surface area contributed by atoms with Crippen LogP contribution in [0.25, 0.3) is 0 Å². The smallest absolute Gasteiger partial charge is 0.242 e. The van der Waals surface area contributed by atoms with Gasteiger partial charge in [-0.15, -0.1) is 0 Å². The van der Waals surface area contributed by atoms with Crippen molar-refractivity contribution in [2.24, 2.45) is 5.84 Å². The summed E-state index contributed by atoms with van der Waals surface area (Å²) in [6.07, 6.45) is 1.74. The average Bonchev–Trinajstić information content (AvgIpc) is 2.86. The molecule has 1 aromatic heterocycles. The summed E-state index contributed by atoms with van der Waals surface area (Å²) in [6.45, 7) is 0.762. The Labute approximate surface area is 105 Å². The molecule has 0 aliphatic carbocycles. The van der Waals surface area contributed by atoms with Crippen molar-refractivity contribution >= 4 is 23.5 Å². The Hall–Kier alpha value is -2.09. The van der Waals surface area contributed by atoms with Crippen molar-refractivity contribution in [3.63, 3.8) is 0 Å². The molecule has 18 heavy (non-hydrogen) atoms. The lowest BCUT2D eigenvalue weighted by Gasteiger charge is -2.24. The predicted molar refractivity (Wildman–Crippen MR) is 68.7 cm³/mol. The Bertz CT molecular complexity index is 450. The Morgan fingerprint density at radius 3 is 3.00 bits per heavy atom. The molecule has 1 fully saturated rings. The van der Waals surface area contributed by atoms with Crippen LogP contribution in [0.15, 0.2) is 6.07 Å². The minimum absolute atomic E-state index is 0.0214. The van der Waals surface area contributed by atoms with Gasteiger partial charge in [-0.3, -0.25) is 4.79 Å². The maximum Gasteiger partial charge on any atom is 0.242 e. The zero-order valence-electron chi connectivity index (χ0n) is 10.2. The second kappa shape index (κ2) is 5.05. The highest BCUT2D eigenvalue weighted by Crippen LogP contribution is 2.25. The normalized spacial score (nSPS) is 18.8. The van der Waals surface area contributed by atoms with E-state index in [1.165, 1.54) is 0 Å². The second-order valence-corrected chi connectivity index (χ2v) is 4.08. The summed E-state index contributed by atoms with van der Waals surface area (Å²) in [5, 5.41) is 2.65. The maximum absolute atomic E-state index is 11.8. The van der Waals surface area contributed by atoms with Crippen molar-refractivity contribution in [2.75, 3.05) is 29.7 Å². The molecule has 0 bridgehead atoms. The van der Waals surface area contributed by atoms with Crippen LogP contribution in [0, 0.1) is 0 Å². The van der Waals surface area contributed by atoms with Crippen molar-refractivity contribution in [2.45, 2.75) is 18.9 Å². The number of rotatable bonds is 3. The van der Waals surface area contributed by atoms with Crippen molar-refractivity contribution in [1.82, 2.24) is 15.3 Å². The molecule has 1 atom stereocenters. The molecule has 0 radical (unpaired) electrons. The minimum Gasteiger partial charge on any atom is -0.368 e. The summed E-state index contributed by atoms with van der Waals surface area (Å²) in [7, 11) is 1.63. The molecule has 2 rings (SSSR count). The number of nitrogens with zero attached hydrogens (tertiary/aromatic N) is 3. The molecule has 1 aliphatic heterocycles. The first-order valence-corrected chi connectivity index (χ1v) is 5.75. The van der Waals surface area contributed by atoms with Gasteiger partial charge in [0.05, 0.1) is 0 Å². The number of hydrazine groups is 1. The van der Waals surface area contributed by atoms with Gasteiger partial charge in [-0.2, -0.15) is 9.97 Å². The lowest BCUT2D eigenvalue weighted by Crippen LogP contribution is -2.42. The van der Waals surface area contributed by atoms with Gasteiger partial charge < -0.3 is 21.4 Å². The van der Waals surface area contributed by atoms with Crippen LogP contribution in [-0.2, 0) is 4.79 Å². The zero-order valence-corrected chi connectivity index (χ0v) is 10.2. The van der Waals surface area contributed by atoms with Crippen LogP contribution in [0.5, 0.6) is 0 Å². The summed E-state index contributed by atoms with van der Waals surface area (Å²) in [6, 6.07) is 1.47. The van der Waals surface area contributed by atoms with E-state index >= 15 is 0 Å². The van der Waals surface area contributed by atoms with Crippen LogP contribution in [0.2, 0.25) is 0 Å². The number of hydrogen-bond donors (Lipinski definition) is 4. The van der Waals surface area contributed by atoms with Crippen LogP contribution in [-0.4, -0.2) is 35.5 Å². The van der Waals surface area contributed by atoms with Gasteiger partial charge in [-0.25, -0.2) is 5.84 Å². The van der Waals surface area contributed by atoms with E-state index in [1.54, 1.807) is 13.1 Å². The summed E-state index contributed by atoms with van der Waals surface area (Å²) in [5.41, 5.74) is 8.04. The number of amides is 1. The number of anilines is 3. The first-order chi connectivity index (χ1) is 8.65. The Balaban J connectivity index is 2.29. The van der Waals surface area contributed by atoms with Crippen LogP contribution >= 0.6 is 0 Å². The van der Waals surface area contributed by atoms with E-state index in [2.05, 4.69) is 20.7 Å². The highest BCUT2D eigenvalue weighted by Gasteiger charge is 2.31. The lowest BCUT2D eigenvalue weighted by molar-refractivity contribution is -0.121. The molecule has 1 unspecified atom stereocenters. The van der Waals surface area contributed by atoms with Crippen LogP contribution in [0.4, 0.5) is 17.6 Å². The van der Waals surface area contributed by atoms with Gasteiger partial charge in [0.25, 0.3) is 0 Å². The molecule has 0 spiro atoms. The summed E-state index contributed by atoms with van der Waals surface area (Å²) in [5.74, 6) is 6.46. The third-order valence-electron chi connectivity index (χ3n) is 2.97. The lowest BCUT2D eigenvalue weighted by atomic mass is 10.2. The number of nitrogen functional groups attached to an aromatic ring is 2. The number of nitrogens with two attached hydrogens (primary N) is 2. The van der Waals surface area contributed by atoms with Gasteiger partial charge in [0.2, 0.25) is 11.9 Å². The van der Waals surface area contributed by atoms with E-state index in [9.17, 15) is 4.79 Å². The number of aromatic nitrogens is 2. The van der Waals surface area contributed by atoms with Gasteiger partial charge in [0, 0.05) is 19.7 Å². The van der Waals surface area contributed by atoms with E-state index in [0.29, 0.717) is 11.6 Å². The van der Waals surface area contributed by atoms with Crippen molar-refractivity contribution in [1.29, 1.82) is 0 Å². The van der Waals surface area contributed by atoms with E-state index in [-0.39, 0.29) is 17.9 Å². The molecule has 0 saturated carbocycles. The number of hydrogen-bond acceptors (Lipinski definition) is 7. The first-order valence-electron chi connectivity index (χ1n) is 5.75. The summed E-state index contributed by atoms with van der Waals surface area (Å²) >= 11 is 0. The van der Waals surface area contributed by atoms with Gasteiger partial charge in [-0.05, 0) is 12.8 Å².